The smallest absolute Gasteiger partial charge is 0.130 e. The fourth-order valence-corrected chi connectivity index (χ4v) is 2.19. The summed E-state index contributed by atoms with van der Waals surface area (Å²) in [7, 11) is 0. The largest absolute Gasteiger partial charge is 0.487 e. The molecule has 4 heteroatoms. The number of nitrogens with two attached hydrogens (primary N) is 1. The molecule has 20 heavy (non-hydrogen) atoms. The second-order valence-electron chi connectivity index (χ2n) is 4.97. The second kappa shape index (κ2) is 6.57. The molecule has 2 rings (SSSR count). The Hall–Kier alpha value is -1.81. The van der Waals surface area contributed by atoms with Crippen LogP contribution >= 0.6 is 0 Å². The number of aryl methyl sites for hydroxylation is 2. The molecule has 4 nitrogen and oxygen atoms in total. The fourth-order valence-electron chi connectivity index (χ4n) is 2.19. The quantitative estimate of drug-likeness (QED) is 0.879. The van der Waals surface area contributed by atoms with Crippen LogP contribution in [-0.2, 0) is 13.2 Å². The Kier molecular flexibility index (Phi) is 4.79. The lowest BCUT2D eigenvalue weighted by molar-refractivity contribution is 0.292. The number of rotatable bonds is 6. The van der Waals surface area contributed by atoms with E-state index in [1.807, 2.05) is 35.9 Å². The maximum absolute atomic E-state index is 6.00. The normalized spacial score (nSPS) is 12.4. The van der Waals surface area contributed by atoms with Crippen LogP contribution in [0.15, 0.2) is 30.3 Å². The summed E-state index contributed by atoms with van der Waals surface area (Å²) in [5.41, 5.74) is 9.26. The van der Waals surface area contributed by atoms with Crippen molar-refractivity contribution >= 4 is 0 Å². The predicted molar refractivity (Wildman–Crippen MR) is 80.6 cm³/mol. The highest BCUT2D eigenvalue weighted by molar-refractivity contribution is 5.29. The van der Waals surface area contributed by atoms with Crippen LogP contribution in [0.4, 0.5) is 0 Å². The first-order valence-electron chi connectivity index (χ1n) is 7.15. The van der Waals surface area contributed by atoms with Crippen molar-refractivity contribution in [3.8, 4) is 5.75 Å². The van der Waals surface area contributed by atoms with Gasteiger partial charge >= 0.3 is 0 Å². The van der Waals surface area contributed by atoms with Gasteiger partial charge in [-0.1, -0.05) is 19.1 Å². The molecule has 2 N–H and O–H groups in total. The van der Waals surface area contributed by atoms with Gasteiger partial charge in [0.1, 0.15) is 12.4 Å². The van der Waals surface area contributed by atoms with Crippen LogP contribution in [0, 0.1) is 6.92 Å². The minimum absolute atomic E-state index is 0.105. The number of ether oxygens (including phenoxy) is 1. The molecule has 2 aromatic rings. The summed E-state index contributed by atoms with van der Waals surface area (Å²) >= 11 is 0. The van der Waals surface area contributed by atoms with E-state index in [9.17, 15) is 0 Å². The Bertz CT molecular complexity index is 545. The number of nitrogens with zero attached hydrogens (tertiary/aromatic N) is 2. The van der Waals surface area contributed by atoms with E-state index in [1.54, 1.807) is 0 Å². The minimum Gasteiger partial charge on any atom is -0.487 e. The van der Waals surface area contributed by atoms with Gasteiger partial charge in [0.2, 0.25) is 0 Å². The molecule has 0 spiro atoms. The molecule has 0 radical (unpaired) electrons. The van der Waals surface area contributed by atoms with Crippen LogP contribution in [0.1, 0.15) is 43.3 Å². The summed E-state index contributed by atoms with van der Waals surface area (Å²) in [5.74, 6) is 0.860. The number of hydrogen-bond donors (Lipinski definition) is 1. The van der Waals surface area contributed by atoms with Gasteiger partial charge in [-0.3, -0.25) is 4.68 Å². The third kappa shape index (κ3) is 3.39. The van der Waals surface area contributed by atoms with Crippen LogP contribution < -0.4 is 10.5 Å². The van der Waals surface area contributed by atoms with Crippen molar-refractivity contribution < 1.29 is 4.74 Å². The van der Waals surface area contributed by atoms with E-state index in [2.05, 4.69) is 25.0 Å². The molecule has 1 aromatic carbocycles. The van der Waals surface area contributed by atoms with Crippen molar-refractivity contribution in [2.75, 3.05) is 0 Å². The Labute approximate surface area is 120 Å². The molecule has 0 bridgehead atoms. The van der Waals surface area contributed by atoms with Gasteiger partial charge in [0.25, 0.3) is 0 Å². The van der Waals surface area contributed by atoms with Crippen molar-refractivity contribution in [2.24, 2.45) is 5.73 Å². The summed E-state index contributed by atoms with van der Waals surface area (Å²) in [5, 5.41) is 4.41. The molecule has 108 valence electrons. The zero-order valence-electron chi connectivity index (χ0n) is 12.5. The van der Waals surface area contributed by atoms with Crippen molar-refractivity contribution in [3.05, 3.63) is 47.3 Å². The van der Waals surface area contributed by atoms with Gasteiger partial charge in [-0.2, -0.15) is 5.10 Å². The fraction of sp³-hybridized carbons (Fsp3) is 0.438. The SMILES string of the molecule is CC[C@H](N)c1ccc(OCc2cc(C)nn2CC)cc1. The van der Waals surface area contributed by atoms with Gasteiger partial charge in [-0.15, -0.1) is 0 Å². The summed E-state index contributed by atoms with van der Waals surface area (Å²) in [6, 6.07) is 10.2. The number of aromatic nitrogens is 2. The molecular formula is C16H23N3O. The van der Waals surface area contributed by atoms with Gasteiger partial charge in [0.15, 0.2) is 0 Å². The Morgan fingerprint density at radius 3 is 2.55 bits per heavy atom. The van der Waals surface area contributed by atoms with E-state index in [1.165, 1.54) is 0 Å². The molecule has 0 aliphatic heterocycles. The molecule has 0 aliphatic rings. The Balaban J connectivity index is 2.00. The molecule has 0 saturated heterocycles. The Morgan fingerprint density at radius 1 is 1.25 bits per heavy atom. The van der Waals surface area contributed by atoms with Crippen LogP contribution in [0.2, 0.25) is 0 Å². The first kappa shape index (κ1) is 14.6. The maximum Gasteiger partial charge on any atom is 0.130 e. The van der Waals surface area contributed by atoms with Crippen molar-refractivity contribution in [1.82, 2.24) is 9.78 Å². The van der Waals surface area contributed by atoms with E-state index in [-0.39, 0.29) is 6.04 Å². The first-order chi connectivity index (χ1) is 9.63. The zero-order chi connectivity index (χ0) is 14.5. The van der Waals surface area contributed by atoms with Gasteiger partial charge in [-0.25, -0.2) is 0 Å². The second-order valence-corrected chi connectivity index (χ2v) is 4.97. The number of benzene rings is 1. The van der Waals surface area contributed by atoms with Gasteiger partial charge < -0.3 is 10.5 Å². The average Bonchev–Trinajstić information content (AvgIpc) is 2.85. The molecule has 0 fully saturated rings. The van der Waals surface area contributed by atoms with E-state index in [0.717, 1.165) is 35.7 Å². The maximum atomic E-state index is 6.00. The van der Waals surface area contributed by atoms with E-state index >= 15 is 0 Å². The standard InChI is InChI=1S/C16H23N3O/c1-4-16(17)13-6-8-15(9-7-13)20-11-14-10-12(3)18-19(14)5-2/h6-10,16H,4-5,11,17H2,1-3H3/t16-/m0/s1. The van der Waals surface area contributed by atoms with Crippen molar-refractivity contribution in [1.29, 1.82) is 0 Å². The van der Waals surface area contributed by atoms with Crippen LogP contribution in [0.3, 0.4) is 0 Å². The monoisotopic (exact) mass is 273 g/mol. The summed E-state index contributed by atoms with van der Waals surface area (Å²) in [6.45, 7) is 7.56. The van der Waals surface area contributed by atoms with E-state index in [4.69, 9.17) is 10.5 Å². The lowest BCUT2D eigenvalue weighted by Gasteiger charge is -2.11. The third-order valence-electron chi connectivity index (χ3n) is 3.42. The number of hydrogen-bond acceptors (Lipinski definition) is 3. The van der Waals surface area contributed by atoms with E-state index < -0.39 is 0 Å². The average molecular weight is 273 g/mol. The predicted octanol–water partition coefficient (Wildman–Crippen LogP) is 3.20. The van der Waals surface area contributed by atoms with Gasteiger partial charge in [0, 0.05) is 12.6 Å². The molecule has 0 unspecified atom stereocenters. The van der Waals surface area contributed by atoms with Crippen LogP contribution in [0.25, 0.3) is 0 Å². The lowest BCUT2D eigenvalue weighted by atomic mass is 10.1. The first-order valence-corrected chi connectivity index (χ1v) is 7.15. The highest BCUT2D eigenvalue weighted by Crippen LogP contribution is 2.19. The van der Waals surface area contributed by atoms with Gasteiger partial charge in [-0.05, 0) is 44.0 Å². The molecular weight excluding hydrogens is 250 g/mol. The summed E-state index contributed by atoms with van der Waals surface area (Å²) in [6.07, 6.45) is 0.940. The van der Waals surface area contributed by atoms with Crippen LogP contribution in [0.5, 0.6) is 5.75 Å². The molecule has 1 atom stereocenters. The minimum atomic E-state index is 0.105. The molecule has 1 heterocycles. The van der Waals surface area contributed by atoms with Crippen molar-refractivity contribution in [3.63, 3.8) is 0 Å². The molecule has 0 saturated carbocycles. The van der Waals surface area contributed by atoms with E-state index in [0.29, 0.717) is 6.61 Å². The highest BCUT2D eigenvalue weighted by atomic mass is 16.5. The summed E-state index contributed by atoms with van der Waals surface area (Å²) in [4.78, 5) is 0. The zero-order valence-corrected chi connectivity index (χ0v) is 12.5. The summed E-state index contributed by atoms with van der Waals surface area (Å²) < 4.78 is 7.78. The molecule has 0 amide bonds. The van der Waals surface area contributed by atoms with Gasteiger partial charge in [0.05, 0.1) is 11.4 Å². The lowest BCUT2D eigenvalue weighted by Crippen LogP contribution is -2.08. The van der Waals surface area contributed by atoms with Crippen LogP contribution in [-0.4, -0.2) is 9.78 Å². The van der Waals surface area contributed by atoms with Crippen molar-refractivity contribution in [2.45, 2.75) is 46.4 Å². The highest BCUT2D eigenvalue weighted by Gasteiger charge is 2.06. The topological polar surface area (TPSA) is 53.1 Å². The molecule has 1 aromatic heterocycles. The molecule has 0 aliphatic carbocycles. The third-order valence-corrected chi connectivity index (χ3v) is 3.42. The Morgan fingerprint density at radius 2 is 1.95 bits per heavy atom.